The van der Waals surface area contributed by atoms with Gasteiger partial charge in [-0.05, 0) is 45.4 Å². The highest BCUT2D eigenvalue weighted by molar-refractivity contribution is 7.91. The fourth-order valence-electron chi connectivity index (χ4n) is 2.85. The molecule has 3 saturated carbocycles. The normalized spacial score (nSPS) is 43.2. The van der Waals surface area contributed by atoms with Gasteiger partial charge in [-0.1, -0.05) is 11.3 Å². The van der Waals surface area contributed by atoms with Crippen molar-refractivity contribution in [3.63, 3.8) is 0 Å². The summed E-state index contributed by atoms with van der Waals surface area (Å²) in [6.07, 6.45) is 5.74. The summed E-state index contributed by atoms with van der Waals surface area (Å²) in [5.41, 5.74) is 0.949. The van der Waals surface area contributed by atoms with Crippen LogP contribution in [0.1, 0.15) is 47.0 Å². The molecule has 0 radical (unpaired) electrons. The Balaban J connectivity index is 1.90. The minimum absolute atomic E-state index is 0.218. The number of hydrogen-bond donors (Lipinski definition) is 0. The van der Waals surface area contributed by atoms with E-state index >= 15 is 0 Å². The highest BCUT2D eigenvalue weighted by atomic mass is 32.2. The fourth-order valence-corrected chi connectivity index (χ4v) is 3.48. The van der Waals surface area contributed by atoms with Gasteiger partial charge in [0, 0.05) is 5.41 Å². The highest BCUT2D eigenvalue weighted by Gasteiger charge is 2.64. The zero-order valence-corrected chi connectivity index (χ0v) is 10.3. The van der Waals surface area contributed by atoms with Crippen LogP contribution in [0.5, 0.6) is 0 Å². The van der Waals surface area contributed by atoms with Crippen LogP contribution in [0.15, 0.2) is 4.40 Å². The average molecular weight is 213 g/mol. The van der Waals surface area contributed by atoms with Crippen LogP contribution in [0.2, 0.25) is 0 Å². The molecule has 3 aliphatic carbocycles. The minimum atomic E-state index is -1.07. The molecular weight excluding hydrogens is 194 g/mol. The second-order valence-corrected chi connectivity index (χ2v) is 8.23. The van der Waals surface area contributed by atoms with E-state index in [2.05, 4.69) is 11.3 Å². The lowest BCUT2D eigenvalue weighted by Crippen LogP contribution is -2.60. The molecule has 80 valence electrons. The lowest BCUT2D eigenvalue weighted by molar-refractivity contribution is -0.134. The van der Waals surface area contributed by atoms with E-state index in [4.69, 9.17) is 0 Å². The van der Waals surface area contributed by atoms with Crippen LogP contribution in [-0.4, -0.2) is 15.5 Å². The molecule has 0 spiro atoms. The molecule has 0 amide bonds. The van der Waals surface area contributed by atoms with Crippen LogP contribution in [-0.2, 0) is 11.4 Å². The first-order valence-corrected chi connectivity index (χ1v) is 6.33. The van der Waals surface area contributed by atoms with Crippen molar-refractivity contribution in [2.24, 2.45) is 15.2 Å². The van der Waals surface area contributed by atoms with Gasteiger partial charge in [0.15, 0.2) is 0 Å². The molecule has 3 rings (SSSR count). The van der Waals surface area contributed by atoms with E-state index in [9.17, 15) is 4.55 Å². The largest absolute Gasteiger partial charge is 0.591 e. The smallest absolute Gasteiger partial charge is 0.144 e. The van der Waals surface area contributed by atoms with Crippen LogP contribution in [0.4, 0.5) is 0 Å². The van der Waals surface area contributed by atoms with Gasteiger partial charge in [-0.3, -0.25) is 0 Å². The van der Waals surface area contributed by atoms with Gasteiger partial charge in [0.25, 0.3) is 0 Å². The fraction of sp³-hybridized carbons (Fsp3) is 0.909. The highest BCUT2D eigenvalue weighted by Crippen LogP contribution is 2.72. The van der Waals surface area contributed by atoms with Gasteiger partial charge in [-0.25, -0.2) is 0 Å². The van der Waals surface area contributed by atoms with Crippen molar-refractivity contribution in [2.75, 3.05) is 0 Å². The average Bonchev–Trinajstić information content (AvgIpc) is 1.91. The number of hydrogen-bond acceptors (Lipinski definition) is 2. The maximum atomic E-state index is 11.7. The summed E-state index contributed by atoms with van der Waals surface area (Å²) >= 11 is -1.07. The zero-order chi connectivity index (χ0) is 10.6. The summed E-state index contributed by atoms with van der Waals surface area (Å²) in [7, 11) is 0. The second kappa shape index (κ2) is 2.76. The molecule has 3 aliphatic rings. The zero-order valence-electron chi connectivity index (χ0n) is 9.46. The van der Waals surface area contributed by atoms with Gasteiger partial charge in [-0.2, -0.15) is 0 Å². The molecule has 0 aromatic rings. The molecule has 0 saturated heterocycles. The Morgan fingerprint density at radius 3 is 2.14 bits per heavy atom. The summed E-state index contributed by atoms with van der Waals surface area (Å²) in [6, 6.07) is 0. The summed E-state index contributed by atoms with van der Waals surface area (Å²) in [5, 5.41) is 0. The molecule has 3 heteroatoms. The molecule has 1 unspecified atom stereocenters. The first kappa shape index (κ1) is 10.5. The Hall–Kier alpha value is -0.0200. The molecule has 2 nitrogen and oxygen atoms in total. The van der Waals surface area contributed by atoms with E-state index in [-0.39, 0.29) is 4.75 Å². The summed E-state index contributed by atoms with van der Waals surface area (Å²) in [6.45, 7) is 8.21. The van der Waals surface area contributed by atoms with E-state index in [1.807, 2.05) is 27.0 Å². The van der Waals surface area contributed by atoms with E-state index in [1.165, 1.54) is 19.3 Å². The molecule has 0 aliphatic heterocycles. The van der Waals surface area contributed by atoms with Crippen molar-refractivity contribution in [1.29, 1.82) is 0 Å². The van der Waals surface area contributed by atoms with Gasteiger partial charge in [0.2, 0.25) is 0 Å². The van der Waals surface area contributed by atoms with Crippen molar-refractivity contribution in [3.8, 4) is 0 Å². The minimum Gasteiger partial charge on any atom is -0.591 e. The maximum Gasteiger partial charge on any atom is 0.144 e. The summed E-state index contributed by atoms with van der Waals surface area (Å²) in [5.74, 6) is 0. The Bertz CT molecular complexity index is 260. The second-order valence-electron chi connectivity index (χ2n) is 6.30. The summed E-state index contributed by atoms with van der Waals surface area (Å²) in [4.78, 5) is 0. The third-order valence-corrected chi connectivity index (χ3v) is 4.63. The Kier molecular flexibility index (Phi) is 2.07. The lowest BCUT2D eigenvalue weighted by atomic mass is 9.36. The standard InChI is InChI=1S/C11H19NOS/c1-9(2,3)14(13)12-8-11-5-10(4,6-11)7-11/h8H,5-7H2,1-4H3. The molecule has 0 N–H and O–H groups in total. The topological polar surface area (TPSA) is 35.4 Å². The van der Waals surface area contributed by atoms with Gasteiger partial charge < -0.3 is 4.55 Å². The van der Waals surface area contributed by atoms with E-state index in [0.29, 0.717) is 10.8 Å². The predicted octanol–water partition coefficient (Wildman–Crippen LogP) is 2.71. The number of nitrogens with zero attached hydrogens (tertiary/aromatic N) is 1. The van der Waals surface area contributed by atoms with Gasteiger partial charge in [0.05, 0.1) is 6.21 Å². The van der Waals surface area contributed by atoms with E-state index in [1.54, 1.807) is 0 Å². The quantitative estimate of drug-likeness (QED) is 0.513. The van der Waals surface area contributed by atoms with Crippen molar-refractivity contribution < 1.29 is 4.55 Å². The first-order valence-electron chi connectivity index (χ1n) is 5.22. The molecule has 0 aromatic carbocycles. The Morgan fingerprint density at radius 1 is 1.29 bits per heavy atom. The predicted molar refractivity (Wildman–Crippen MR) is 60.8 cm³/mol. The molecule has 1 atom stereocenters. The van der Waals surface area contributed by atoms with Gasteiger partial charge in [0.1, 0.15) is 16.1 Å². The lowest BCUT2D eigenvalue weighted by Gasteiger charge is -2.67. The third-order valence-electron chi connectivity index (χ3n) is 3.28. The van der Waals surface area contributed by atoms with Crippen LogP contribution in [0.3, 0.4) is 0 Å². The molecule has 14 heavy (non-hydrogen) atoms. The molecule has 3 fully saturated rings. The number of rotatable bonds is 2. The Labute approximate surface area is 89.5 Å². The van der Waals surface area contributed by atoms with Gasteiger partial charge >= 0.3 is 0 Å². The monoisotopic (exact) mass is 213 g/mol. The first-order chi connectivity index (χ1) is 6.25. The third kappa shape index (κ3) is 1.61. The molecule has 0 heterocycles. The summed E-state index contributed by atoms with van der Waals surface area (Å²) < 4.78 is 15.6. The van der Waals surface area contributed by atoms with E-state index < -0.39 is 11.4 Å². The van der Waals surface area contributed by atoms with Crippen LogP contribution < -0.4 is 0 Å². The SMILES string of the molecule is CC12CC(C=N[S+]([O-])C(C)(C)C)(C1)C2. The van der Waals surface area contributed by atoms with Gasteiger partial charge in [-0.15, -0.1) is 0 Å². The van der Waals surface area contributed by atoms with Crippen molar-refractivity contribution >= 4 is 17.6 Å². The van der Waals surface area contributed by atoms with Crippen molar-refractivity contribution in [2.45, 2.75) is 51.7 Å². The van der Waals surface area contributed by atoms with E-state index in [0.717, 1.165) is 0 Å². The molecule has 2 bridgehead atoms. The van der Waals surface area contributed by atoms with Crippen molar-refractivity contribution in [3.05, 3.63) is 0 Å². The van der Waals surface area contributed by atoms with Crippen LogP contribution in [0.25, 0.3) is 0 Å². The molecular formula is C11H19NOS. The maximum absolute atomic E-state index is 11.7. The van der Waals surface area contributed by atoms with Crippen molar-refractivity contribution in [1.82, 2.24) is 0 Å². The van der Waals surface area contributed by atoms with Crippen LogP contribution >= 0.6 is 0 Å². The Morgan fingerprint density at radius 2 is 1.79 bits per heavy atom. The van der Waals surface area contributed by atoms with Crippen LogP contribution in [0, 0.1) is 10.8 Å². The molecule has 0 aromatic heterocycles.